The zero-order valence-electron chi connectivity index (χ0n) is 23.4. The lowest BCUT2D eigenvalue weighted by molar-refractivity contribution is -0.135. The van der Waals surface area contributed by atoms with E-state index in [1.165, 1.54) is 22.8 Å². The van der Waals surface area contributed by atoms with E-state index in [-0.39, 0.29) is 22.4 Å². The number of thioether (sulfide) groups is 1. The summed E-state index contributed by atoms with van der Waals surface area (Å²) in [5.74, 6) is -0.217. The number of nitrogens with one attached hydrogen (secondary N) is 1. The van der Waals surface area contributed by atoms with Crippen molar-refractivity contribution >= 4 is 50.4 Å². The molecule has 1 aliphatic rings. The van der Waals surface area contributed by atoms with Crippen molar-refractivity contribution in [3.05, 3.63) is 99.5 Å². The summed E-state index contributed by atoms with van der Waals surface area (Å²) in [4.78, 5) is 29.6. The predicted octanol–water partition coefficient (Wildman–Crippen LogP) is 4.12. The van der Waals surface area contributed by atoms with Crippen molar-refractivity contribution in [2.24, 2.45) is 7.05 Å². The molecule has 3 aromatic carbocycles. The van der Waals surface area contributed by atoms with E-state index in [0.29, 0.717) is 48.9 Å². The number of amides is 1. The normalized spacial score (nSPS) is 16.0. The van der Waals surface area contributed by atoms with Gasteiger partial charge in [-0.2, -0.15) is 16.5 Å². The molecule has 0 saturated carbocycles. The quantitative estimate of drug-likeness (QED) is 0.282. The number of oxazole rings is 1. The van der Waals surface area contributed by atoms with Crippen LogP contribution in [0.3, 0.4) is 0 Å². The van der Waals surface area contributed by atoms with Gasteiger partial charge >= 0.3 is 5.76 Å². The summed E-state index contributed by atoms with van der Waals surface area (Å²) in [6, 6.07) is 21.4. The first-order chi connectivity index (χ1) is 20.2. The average molecular weight is 629 g/mol. The summed E-state index contributed by atoms with van der Waals surface area (Å²) in [6.07, 6.45) is 2.26. The second-order valence-electron chi connectivity index (χ2n) is 10.2. The number of aromatic nitrogens is 1. The van der Waals surface area contributed by atoms with E-state index in [2.05, 4.69) is 21.8 Å². The summed E-state index contributed by atoms with van der Waals surface area (Å²) >= 11 is 7.71. The Balaban J connectivity index is 1.32. The molecule has 0 aliphatic carbocycles. The van der Waals surface area contributed by atoms with Gasteiger partial charge in [-0.25, -0.2) is 13.2 Å². The van der Waals surface area contributed by atoms with Crippen LogP contribution in [-0.4, -0.2) is 72.9 Å². The van der Waals surface area contributed by atoms with Crippen molar-refractivity contribution in [1.82, 2.24) is 19.1 Å². The minimum absolute atomic E-state index is 0.000496. The second kappa shape index (κ2) is 13.0. The van der Waals surface area contributed by atoms with E-state index in [9.17, 15) is 18.0 Å². The molecule has 0 unspecified atom stereocenters. The predicted molar refractivity (Wildman–Crippen MR) is 166 cm³/mol. The standard InChI is InChI=1S/C30H33ClN4O5S2/c1-33-26-13-12-24(20-27(26)40-30(33)37)42(38,39)32-25(14-19-41-2)29(36)35-17-15-34(16-18-35)28(21-6-4-3-5-7-21)22-8-10-23(31)11-9-22/h3-13,20,25,28,32H,14-19H2,1-2H3/t25-,28-/m0/s1. The number of hydrogen-bond donors (Lipinski definition) is 1. The Bertz CT molecular complexity index is 1700. The number of fused-ring (bicyclic) bond motifs is 1. The molecule has 1 N–H and O–H groups in total. The van der Waals surface area contributed by atoms with Crippen LogP contribution in [-0.2, 0) is 21.9 Å². The molecule has 12 heteroatoms. The fourth-order valence-corrected chi connectivity index (χ4v) is 7.16. The fourth-order valence-electron chi connectivity index (χ4n) is 5.32. The van der Waals surface area contributed by atoms with Crippen LogP contribution in [0, 0.1) is 0 Å². The van der Waals surface area contributed by atoms with Crippen molar-refractivity contribution < 1.29 is 17.6 Å². The first-order valence-corrected chi connectivity index (χ1v) is 16.9. The summed E-state index contributed by atoms with van der Waals surface area (Å²) in [7, 11) is -2.52. The smallest absolute Gasteiger partial charge is 0.408 e. The van der Waals surface area contributed by atoms with Crippen molar-refractivity contribution in [3.63, 3.8) is 0 Å². The van der Waals surface area contributed by atoms with Gasteiger partial charge in [-0.05, 0) is 53.8 Å². The molecular weight excluding hydrogens is 596 g/mol. The maximum absolute atomic E-state index is 13.7. The van der Waals surface area contributed by atoms with Crippen LogP contribution in [0.15, 0.2) is 86.9 Å². The first kappa shape index (κ1) is 30.4. The molecule has 0 spiro atoms. The largest absolute Gasteiger partial charge is 0.419 e. The third-order valence-corrected chi connectivity index (χ3v) is 9.94. The fraction of sp³-hybridized carbons (Fsp3) is 0.333. The summed E-state index contributed by atoms with van der Waals surface area (Å²) in [6.45, 7) is 2.18. The van der Waals surface area contributed by atoms with E-state index < -0.39 is 21.8 Å². The van der Waals surface area contributed by atoms with Gasteiger partial charge in [0.2, 0.25) is 15.9 Å². The Morgan fingerprint density at radius 3 is 2.33 bits per heavy atom. The number of carbonyl (C=O) groups excluding carboxylic acids is 1. The van der Waals surface area contributed by atoms with E-state index in [1.54, 1.807) is 23.7 Å². The number of piperazine rings is 1. The highest BCUT2D eigenvalue weighted by atomic mass is 35.5. The summed E-state index contributed by atoms with van der Waals surface area (Å²) in [5.41, 5.74) is 2.92. The summed E-state index contributed by atoms with van der Waals surface area (Å²) in [5, 5.41) is 0.674. The molecule has 2 heterocycles. The van der Waals surface area contributed by atoms with E-state index in [0.717, 1.165) is 11.1 Å². The van der Waals surface area contributed by atoms with Crippen molar-refractivity contribution in [3.8, 4) is 0 Å². The Morgan fingerprint density at radius 2 is 1.67 bits per heavy atom. The van der Waals surface area contributed by atoms with Crippen LogP contribution in [0.2, 0.25) is 5.02 Å². The van der Waals surface area contributed by atoms with Crippen LogP contribution < -0.4 is 10.5 Å². The molecule has 4 aromatic rings. The van der Waals surface area contributed by atoms with Gasteiger partial charge in [0.05, 0.1) is 16.5 Å². The van der Waals surface area contributed by atoms with Crippen LogP contribution in [0.1, 0.15) is 23.6 Å². The number of aryl methyl sites for hydroxylation is 1. The molecule has 1 aliphatic heterocycles. The van der Waals surface area contributed by atoms with Gasteiger partial charge in [0, 0.05) is 44.3 Å². The van der Waals surface area contributed by atoms with Gasteiger partial charge in [-0.3, -0.25) is 14.3 Å². The van der Waals surface area contributed by atoms with E-state index >= 15 is 0 Å². The monoisotopic (exact) mass is 628 g/mol. The van der Waals surface area contributed by atoms with E-state index in [1.807, 2.05) is 48.7 Å². The lowest BCUT2D eigenvalue weighted by Gasteiger charge is -2.40. The zero-order chi connectivity index (χ0) is 29.9. The van der Waals surface area contributed by atoms with Gasteiger partial charge in [-0.15, -0.1) is 0 Å². The summed E-state index contributed by atoms with van der Waals surface area (Å²) < 4.78 is 35.9. The lowest BCUT2D eigenvalue weighted by atomic mass is 9.96. The molecule has 222 valence electrons. The minimum Gasteiger partial charge on any atom is -0.408 e. The number of benzene rings is 3. The van der Waals surface area contributed by atoms with Gasteiger partial charge in [0.25, 0.3) is 0 Å². The maximum atomic E-state index is 13.7. The van der Waals surface area contributed by atoms with Gasteiger partial charge in [-0.1, -0.05) is 54.1 Å². The van der Waals surface area contributed by atoms with Crippen molar-refractivity contribution in [2.75, 3.05) is 38.2 Å². The molecule has 1 aromatic heterocycles. The Labute approximate surface area is 254 Å². The molecule has 0 bridgehead atoms. The number of hydrogen-bond acceptors (Lipinski definition) is 7. The number of carbonyl (C=O) groups is 1. The van der Waals surface area contributed by atoms with Gasteiger partial charge < -0.3 is 9.32 Å². The average Bonchev–Trinajstić information content (AvgIpc) is 3.29. The highest BCUT2D eigenvalue weighted by Crippen LogP contribution is 2.30. The SMILES string of the molecule is CSCC[C@H](NS(=O)(=O)c1ccc2c(c1)oc(=O)n2C)C(=O)N1CCN([C@@H](c2ccccc2)c2ccc(Cl)cc2)CC1. The van der Waals surface area contributed by atoms with E-state index in [4.69, 9.17) is 16.0 Å². The number of rotatable bonds is 10. The van der Waals surface area contributed by atoms with Crippen molar-refractivity contribution in [2.45, 2.75) is 23.4 Å². The highest BCUT2D eigenvalue weighted by Gasteiger charge is 2.33. The Kier molecular flexibility index (Phi) is 9.44. The topological polar surface area (TPSA) is 105 Å². The molecular formula is C30H33ClN4O5S2. The number of sulfonamides is 1. The third-order valence-electron chi connectivity index (χ3n) is 7.57. The third kappa shape index (κ3) is 6.60. The van der Waals surface area contributed by atoms with Gasteiger partial charge in [0.1, 0.15) is 6.04 Å². The second-order valence-corrected chi connectivity index (χ2v) is 13.4. The molecule has 42 heavy (non-hydrogen) atoms. The first-order valence-electron chi connectivity index (χ1n) is 13.6. The molecule has 2 atom stereocenters. The Hall–Kier alpha value is -3.09. The van der Waals surface area contributed by atoms with Crippen LogP contribution in [0.4, 0.5) is 0 Å². The Morgan fingerprint density at radius 1 is 1.00 bits per heavy atom. The van der Waals surface area contributed by atoms with Crippen LogP contribution in [0.25, 0.3) is 11.1 Å². The molecule has 5 rings (SSSR count). The molecule has 0 radical (unpaired) electrons. The minimum atomic E-state index is -4.07. The molecule has 1 amide bonds. The number of nitrogens with zero attached hydrogens (tertiary/aromatic N) is 3. The van der Waals surface area contributed by atoms with Crippen LogP contribution in [0.5, 0.6) is 0 Å². The molecule has 9 nitrogen and oxygen atoms in total. The highest BCUT2D eigenvalue weighted by molar-refractivity contribution is 7.98. The van der Waals surface area contributed by atoms with Crippen LogP contribution >= 0.6 is 23.4 Å². The maximum Gasteiger partial charge on any atom is 0.419 e. The van der Waals surface area contributed by atoms with Crippen molar-refractivity contribution in [1.29, 1.82) is 0 Å². The van der Waals surface area contributed by atoms with Gasteiger partial charge in [0.15, 0.2) is 5.58 Å². The molecule has 1 saturated heterocycles. The number of halogens is 1. The lowest BCUT2D eigenvalue weighted by Crippen LogP contribution is -2.55. The molecule has 1 fully saturated rings. The zero-order valence-corrected chi connectivity index (χ0v) is 25.8.